The number of nitrogens with zero attached hydrogens (tertiary/aromatic N) is 2. The predicted molar refractivity (Wildman–Crippen MR) is 62.6 cm³/mol. The largest absolute Gasteiger partial charge is 0.383 e. The van der Waals surface area contributed by atoms with Crippen LogP contribution in [0.1, 0.15) is 33.6 Å². The van der Waals surface area contributed by atoms with E-state index in [4.69, 9.17) is 10.00 Å². The highest BCUT2D eigenvalue weighted by Gasteiger charge is 2.12. The Bertz CT molecular complexity index is 191. The highest BCUT2D eigenvalue weighted by molar-refractivity contribution is 4.73. The van der Waals surface area contributed by atoms with E-state index >= 15 is 0 Å². The van der Waals surface area contributed by atoms with Crippen LogP contribution in [0.25, 0.3) is 0 Å². The molecule has 0 heterocycles. The minimum absolute atomic E-state index is 0.359. The van der Waals surface area contributed by atoms with Crippen molar-refractivity contribution >= 4 is 0 Å². The van der Waals surface area contributed by atoms with E-state index in [2.05, 4.69) is 31.7 Å². The van der Waals surface area contributed by atoms with Crippen molar-refractivity contribution in [2.24, 2.45) is 5.41 Å². The molecule has 0 aromatic heterocycles. The lowest BCUT2D eigenvalue weighted by atomic mass is 9.92. The lowest BCUT2D eigenvalue weighted by Gasteiger charge is -2.25. The van der Waals surface area contributed by atoms with Crippen molar-refractivity contribution < 1.29 is 4.74 Å². The van der Waals surface area contributed by atoms with Crippen LogP contribution in [0, 0.1) is 16.7 Å². The molecule has 15 heavy (non-hydrogen) atoms. The Labute approximate surface area is 94.0 Å². The average molecular weight is 212 g/mol. The Morgan fingerprint density at radius 1 is 1.20 bits per heavy atom. The van der Waals surface area contributed by atoms with Gasteiger partial charge in [0, 0.05) is 26.6 Å². The van der Waals surface area contributed by atoms with E-state index in [9.17, 15) is 0 Å². The molecule has 0 rings (SSSR count). The maximum Gasteiger partial charge on any atom is 0.0635 e. The summed E-state index contributed by atoms with van der Waals surface area (Å²) < 4.78 is 5.06. The number of rotatable bonds is 7. The van der Waals surface area contributed by atoms with E-state index < -0.39 is 0 Å². The molecule has 0 amide bonds. The fourth-order valence-corrected chi connectivity index (χ4v) is 1.26. The van der Waals surface area contributed by atoms with Gasteiger partial charge in [-0.3, -0.25) is 0 Å². The molecule has 0 bridgehead atoms. The maximum absolute atomic E-state index is 8.56. The second kappa shape index (κ2) is 7.67. The normalized spacial score (nSPS) is 11.7. The van der Waals surface area contributed by atoms with Crippen LogP contribution in [-0.2, 0) is 4.74 Å². The average Bonchev–Trinajstić information content (AvgIpc) is 2.15. The zero-order valence-corrected chi connectivity index (χ0v) is 10.5. The SMILES string of the molecule is COCCN(CCC#N)CCC(C)(C)C. The first kappa shape index (κ1) is 14.4. The van der Waals surface area contributed by atoms with Crippen molar-refractivity contribution in [2.75, 3.05) is 33.4 Å². The van der Waals surface area contributed by atoms with Gasteiger partial charge in [0.25, 0.3) is 0 Å². The zero-order chi connectivity index (χ0) is 11.7. The molecule has 0 aromatic rings. The van der Waals surface area contributed by atoms with Crippen molar-refractivity contribution in [3.8, 4) is 6.07 Å². The van der Waals surface area contributed by atoms with Crippen molar-refractivity contribution in [3.05, 3.63) is 0 Å². The van der Waals surface area contributed by atoms with Crippen molar-refractivity contribution in [3.63, 3.8) is 0 Å². The predicted octanol–water partition coefficient (Wildman–Crippen LogP) is 2.28. The smallest absolute Gasteiger partial charge is 0.0635 e. The zero-order valence-electron chi connectivity index (χ0n) is 10.5. The molecule has 0 aliphatic carbocycles. The summed E-state index contributed by atoms with van der Waals surface area (Å²) in [5.41, 5.74) is 0.359. The number of methoxy groups -OCH3 is 1. The van der Waals surface area contributed by atoms with E-state index in [1.165, 1.54) is 0 Å². The van der Waals surface area contributed by atoms with Gasteiger partial charge in [-0.2, -0.15) is 5.26 Å². The standard InChI is InChI=1S/C12H24N2O/c1-12(2,3)6-9-14(8-5-7-13)10-11-15-4/h5-6,8-11H2,1-4H3. The lowest BCUT2D eigenvalue weighted by molar-refractivity contribution is 0.140. The van der Waals surface area contributed by atoms with Crippen molar-refractivity contribution in [1.29, 1.82) is 5.26 Å². The summed E-state index contributed by atoms with van der Waals surface area (Å²) in [6.07, 6.45) is 1.76. The van der Waals surface area contributed by atoms with Gasteiger partial charge in [0.2, 0.25) is 0 Å². The summed E-state index contributed by atoms with van der Waals surface area (Å²) in [7, 11) is 1.71. The highest BCUT2D eigenvalue weighted by atomic mass is 16.5. The molecule has 0 atom stereocenters. The molecule has 3 nitrogen and oxygen atoms in total. The fraction of sp³-hybridized carbons (Fsp3) is 0.917. The molecule has 0 fully saturated rings. The van der Waals surface area contributed by atoms with Crippen LogP contribution in [0.15, 0.2) is 0 Å². The number of nitriles is 1. The van der Waals surface area contributed by atoms with Gasteiger partial charge in [0.15, 0.2) is 0 Å². The molecular weight excluding hydrogens is 188 g/mol. The maximum atomic E-state index is 8.56. The third-order valence-corrected chi connectivity index (χ3v) is 2.33. The quantitative estimate of drug-likeness (QED) is 0.649. The highest BCUT2D eigenvalue weighted by Crippen LogP contribution is 2.18. The van der Waals surface area contributed by atoms with E-state index in [-0.39, 0.29) is 0 Å². The van der Waals surface area contributed by atoms with Crippen molar-refractivity contribution in [2.45, 2.75) is 33.6 Å². The first-order valence-corrected chi connectivity index (χ1v) is 5.58. The Kier molecular flexibility index (Phi) is 7.37. The minimum atomic E-state index is 0.359. The van der Waals surface area contributed by atoms with Gasteiger partial charge in [-0.25, -0.2) is 0 Å². The molecule has 0 aliphatic heterocycles. The summed E-state index contributed by atoms with van der Waals surface area (Å²) in [4.78, 5) is 2.30. The molecule has 3 heteroatoms. The molecule has 0 saturated carbocycles. The summed E-state index contributed by atoms with van der Waals surface area (Å²) in [5.74, 6) is 0. The van der Waals surface area contributed by atoms with Crippen molar-refractivity contribution in [1.82, 2.24) is 4.90 Å². The molecule has 0 aromatic carbocycles. The lowest BCUT2D eigenvalue weighted by Crippen LogP contribution is -2.31. The van der Waals surface area contributed by atoms with Gasteiger partial charge in [-0.15, -0.1) is 0 Å². The van der Waals surface area contributed by atoms with Gasteiger partial charge in [-0.1, -0.05) is 20.8 Å². The molecule has 0 unspecified atom stereocenters. The molecule has 0 aliphatic rings. The Morgan fingerprint density at radius 3 is 2.33 bits per heavy atom. The third kappa shape index (κ3) is 9.71. The van der Waals surface area contributed by atoms with E-state index in [0.29, 0.717) is 11.8 Å². The van der Waals surface area contributed by atoms with Crippen LogP contribution < -0.4 is 0 Å². The summed E-state index contributed by atoms with van der Waals surface area (Å²) >= 11 is 0. The molecule has 0 N–H and O–H groups in total. The van der Waals surface area contributed by atoms with Crippen LogP contribution >= 0.6 is 0 Å². The molecule has 0 saturated heterocycles. The topological polar surface area (TPSA) is 36.3 Å². The summed E-state index contributed by atoms with van der Waals surface area (Å²) in [6, 6.07) is 2.19. The summed E-state index contributed by atoms with van der Waals surface area (Å²) in [6.45, 7) is 10.3. The second-order valence-corrected chi connectivity index (χ2v) is 5.05. The monoisotopic (exact) mass is 212 g/mol. The van der Waals surface area contributed by atoms with Crippen LogP contribution in [0.5, 0.6) is 0 Å². The first-order chi connectivity index (χ1) is 6.99. The van der Waals surface area contributed by atoms with E-state index in [1.54, 1.807) is 7.11 Å². The van der Waals surface area contributed by atoms with Crippen LogP contribution in [0.3, 0.4) is 0 Å². The van der Waals surface area contributed by atoms with Gasteiger partial charge in [-0.05, 0) is 18.4 Å². The number of hydrogen-bond donors (Lipinski definition) is 0. The second-order valence-electron chi connectivity index (χ2n) is 5.05. The van der Waals surface area contributed by atoms with Gasteiger partial charge >= 0.3 is 0 Å². The van der Waals surface area contributed by atoms with E-state index in [1.807, 2.05) is 0 Å². The number of ether oxygens (including phenoxy) is 1. The molecule has 0 radical (unpaired) electrons. The van der Waals surface area contributed by atoms with Gasteiger partial charge < -0.3 is 9.64 Å². The Morgan fingerprint density at radius 2 is 1.87 bits per heavy atom. The first-order valence-electron chi connectivity index (χ1n) is 5.58. The van der Waals surface area contributed by atoms with Crippen LogP contribution in [0.4, 0.5) is 0 Å². The minimum Gasteiger partial charge on any atom is -0.383 e. The van der Waals surface area contributed by atoms with Gasteiger partial charge in [0.1, 0.15) is 0 Å². The van der Waals surface area contributed by atoms with Crippen LogP contribution in [-0.4, -0.2) is 38.3 Å². The molecular formula is C12H24N2O. The molecule has 0 spiro atoms. The van der Waals surface area contributed by atoms with E-state index in [0.717, 1.165) is 32.7 Å². The van der Waals surface area contributed by atoms with Crippen LogP contribution in [0.2, 0.25) is 0 Å². The molecule has 88 valence electrons. The fourth-order valence-electron chi connectivity index (χ4n) is 1.26. The Hall–Kier alpha value is -0.590. The Balaban J connectivity index is 3.85. The third-order valence-electron chi connectivity index (χ3n) is 2.33. The summed E-state index contributed by atoms with van der Waals surface area (Å²) in [5, 5.41) is 8.56. The number of hydrogen-bond acceptors (Lipinski definition) is 3. The van der Waals surface area contributed by atoms with Gasteiger partial charge in [0.05, 0.1) is 12.7 Å².